The van der Waals surface area contributed by atoms with Gasteiger partial charge in [-0.25, -0.2) is 13.1 Å². The van der Waals surface area contributed by atoms with E-state index in [9.17, 15) is 8.42 Å². The van der Waals surface area contributed by atoms with Gasteiger partial charge in [0.15, 0.2) is 0 Å². The first-order valence-corrected chi connectivity index (χ1v) is 10.4. The molecule has 2 aromatic carbocycles. The normalized spacial score (nSPS) is 21.0. The van der Waals surface area contributed by atoms with Gasteiger partial charge in [0, 0.05) is 17.8 Å². The number of hydrogen-bond acceptors (Lipinski definition) is 3. The van der Waals surface area contributed by atoms with Crippen molar-refractivity contribution in [2.75, 3.05) is 5.32 Å². The first-order valence-electron chi connectivity index (χ1n) is 8.87. The zero-order valence-electron chi connectivity index (χ0n) is 14.8. The summed E-state index contributed by atoms with van der Waals surface area (Å²) >= 11 is 0. The molecule has 0 radical (unpaired) electrons. The third-order valence-corrected chi connectivity index (χ3v) is 6.40. The fourth-order valence-electron chi connectivity index (χ4n) is 3.36. The van der Waals surface area contributed by atoms with Crippen molar-refractivity contribution in [2.24, 2.45) is 0 Å². The number of benzene rings is 2. The molecule has 25 heavy (non-hydrogen) atoms. The van der Waals surface area contributed by atoms with Gasteiger partial charge in [0.1, 0.15) is 0 Å². The lowest BCUT2D eigenvalue weighted by molar-refractivity contribution is 0.378. The van der Waals surface area contributed by atoms with Crippen LogP contribution in [-0.4, -0.2) is 20.5 Å². The SMILES string of the molecule is Cc1ccc(S(=O)(=O)N[C@@H]2CCCC[C@H]2Nc2ccccc2C)cc1. The number of rotatable bonds is 5. The third kappa shape index (κ3) is 4.41. The van der Waals surface area contributed by atoms with Crippen molar-refractivity contribution in [1.82, 2.24) is 4.72 Å². The van der Waals surface area contributed by atoms with Gasteiger partial charge >= 0.3 is 0 Å². The summed E-state index contributed by atoms with van der Waals surface area (Å²) < 4.78 is 28.4. The Morgan fingerprint density at radius 1 is 0.880 bits per heavy atom. The summed E-state index contributed by atoms with van der Waals surface area (Å²) in [6, 6.07) is 15.1. The second-order valence-electron chi connectivity index (χ2n) is 6.89. The monoisotopic (exact) mass is 358 g/mol. The molecule has 5 heteroatoms. The van der Waals surface area contributed by atoms with E-state index in [2.05, 4.69) is 29.1 Å². The molecular formula is C20H26N2O2S. The van der Waals surface area contributed by atoms with Gasteiger partial charge in [0.2, 0.25) is 10.0 Å². The van der Waals surface area contributed by atoms with E-state index in [0.717, 1.165) is 36.9 Å². The number of sulfonamides is 1. The van der Waals surface area contributed by atoms with E-state index >= 15 is 0 Å². The van der Waals surface area contributed by atoms with Gasteiger partial charge in [0.05, 0.1) is 4.90 Å². The van der Waals surface area contributed by atoms with Crippen LogP contribution in [0.3, 0.4) is 0 Å². The minimum atomic E-state index is -3.50. The van der Waals surface area contributed by atoms with E-state index in [1.165, 1.54) is 5.56 Å². The molecule has 0 aliphatic heterocycles. The van der Waals surface area contributed by atoms with Gasteiger partial charge in [-0.15, -0.1) is 0 Å². The maximum Gasteiger partial charge on any atom is 0.240 e. The average Bonchev–Trinajstić information content (AvgIpc) is 2.59. The van der Waals surface area contributed by atoms with Crippen LogP contribution in [0.25, 0.3) is 0 Å². The first-order chi connectivity index (χ1) is 12.0. The highest BCUT2D eigenvalue weighted by molar-refractivity contribution is 7.89. The van der Waals surface area contributed by atoms with Crippen LogP contribution in [0.1, 0.15) is 36.8 Å². The molecule has 1 fully saturated rings. The van der Waals surface area contributed by atoms with E-state index in [4.69, 9.17) is 0 Å². The Labute approximate surface area is 150 Å². The van der Waals surface area contributed by atoms with Crippen LogP contribution in [0.15, 0.2) is 53.4 Å². The molecule has 1 aliphatic carbocycles. The molecule has 2 atom stereocenters. The first kappa shape index (κ1) is 18.0. The topological polar surface area (TPSA) is 58.2 Å². The molecular weight excluding hydrogens is 332 g/mol. The molecule has 4 nitrogen and oxygen atoms in total. The Balaban J connectivity index is 1.77. The number of aryl methyl sites for hydroxylation is 2. The highest BCUT2D eigenvalue weighted by atomic mass is 32.2. The Morgan fingerprint density at radius 3 is 2.20 bits per heavy atom. The molecule has 0 unspecified atom stereocenters. The summed E-state index contributed by atoms with van der Waals surface area (Å²) in [6.07, 6.45) is 3.99. The molecule has 0 spiro atoms. The van der Waals surface area contributed by atoms with E-state index in [-0.39, 0.29) is 12.1 Å². The Bertz CT molecular complexity index is 816. The van der Waals surface area contributed by atoms with E-state index in [1.54, 1.807) is 12.1 Å². The molecule has 0 saturated heterocycles. The van der Waals surface area contributed by atoms with E-state index in [1.807, 2.05) is 31.2 Å². The third-order valence-electron chi connectivity index (χ3n) is 4.89. The summed E-state index contributed by atoms with van der Waals surface area (Å²) in [5.41, 5.74) is 3.30. The maximum absolute atomic E-state index is 12.7. The Morgan fingerprint density at radius 2 is 1.52 bits per heavy atom. The fourth-order valence-corrected chi connectivity index (χ4v) is 4.68. The van der Waals surface area contributed by atoms with Crippen LogP contribution in [0.4, 0.5) is 5.69 Å². The van der Waals surface area contributed by atoms with Gasteiger partial charge in [-0.3, -0.25) is 0 Å². The van der Waals surface area contributed by atoms with E-state index in [0.29, 0.717) is 4.90 Å². The predicted molar refractivity (Wildman–Crippen MR) is 102 cm³/mol. The van der Waals surface area contributed by atoms with Crippen LogP contribution in [0, 0.1) is 13.8 Å². The minimum absolute atomic E-state index is 0.0975. The van der Waals surface area contributed by atoms with Crippen molar-refractivity contribution in [3.05, 3.63) is 59.7 Å². The smallest absolute Gasteiger partial charge is 0.240 e. The highest BCUT2D eigenvalue weighted by Gasteiger charge is 2.29. The molecule has 1 aliphatic rings. The standard InChI is InChI=1S/C20H26N2O2S/c1-15-11-13-17(14-12-15)25(23,24)22-20-10-6-5-9-19(20)21-18-8-4-3-7-16(18)2/h3-4,7-8,11-14,19-22H,5-6,9-10H2,1-2H3/t19-,20-/m1/s1. The van der Waals surface area contributed by atoms with Crippen LogP contribution in [0.5, 0.6) is 0 Å². The fraction of sp³-hybridized carbons (Fsp3) is 0.400. The van der Waals surface area contributed by atoms with Crippen LogP contribution >= 0.6 is 0 Å². The second kappa shape index (κ2) is 7.58. The molecule has 0 aromatic heterocycles. The number of anilines is 1. The van der Waals surface area contributed by atoms with Gasteiger partial charge in [0.25, 0.3) is 0 Å². The van der Waals surface area contributed by atoms with E-state index < -0.39 is 10.0 Å². The van der Waals surface area contributed by atoms with Crippen LogP contribution in [-0.2, 0) is 10.0 Å². The molecule has 3 rings (SSSR count). The number of nitrogens with one attached hydrogen (secondary N) is 2. The zero-order valence-corrected chi connectivity index (χ0v) is 15.6. The lowest BCUT2D eigenvalue weighted by atomic mass is 9.90. The molecule has 0 heterocycles. The molecule has 134 valence electrons. The molecule has 2 N–H and O–H groups in total. The highest BCUT2D eigenvalue weighted by Crippen LogP contribution is 2.25. The average molecular weight is 359 g/mol. The lowest BCUT2D eigenvalue weighted by Crippen LogP contribution is -2.48. The Hall–Kier alpha value is -1.85. The maximum atomic E-state index is 12.7. The van der Waals surface area contributed by atoms with Crippen molar-refractivity contribution < 1.29 is 8.42 Å². The van der Waals surface area contributed by atoms with Crippen molar-refractivity contribution in [1.29, 1.82) is 0 Å². The second-order valence-corrected chi connectivity index (χ2v) is 8.61. The molecule has 1 saturated carbocycles. The quantitative estimate of drug-likeness (QED) is 0.849. The lowest BCUT2D eigenvalue weighted by Gasteiger charge is -2.33. The largest absolute Gasteiger partial charge is 0.380 e. The summed E-state index contributed by atoms with van der Waals surface area (Å²) in [6.45, 7) is 4.02. The summed E-state index contributed by atoms with van der Waals surface area (Å²) in [5.74, 6) is 0. The summed E-state index contributed by atoms with van der Waals surface area (Å²) in [5, 5.41) is 3.56. The van der Waals surface area contributed by atoms with Crippen LogP contribution in [0.2, 0.25) is 0 Å². The van der Waals surface area contributed by atoms with Gasteiger partial charge < -0.3 is 5.32 Å². The van der Waals surface area contributed by atoms with Crippen molar-refractivity contribution in [2.45, 2.75) is 56.5 Å². The van der Waals surface area contributed by atoms with Crippen molar-refractivity contribution >= 4 is 15.7 Å². The van der Waals surface area contributed by atoms with Crippen molar-refractivity contribution in [3.8, 4) is 0 Å². The molecule has 0 amide bonds. The van der Waals surface area contributed by atoms with Gasteiger partial charge in [-0.1, -0.05) is 48.7 Å². The van der Waals surface area contributed by atoms with Crippen LogP contribution < -0.4 is 10.0 Å². The molecule has 2 aromatic rings. The number of para-hydroxylation sites is 1. The Kier molecular flexibility index (Phi) is 5.45. The summed E-state index contributed by atoms with van der Waals surface area (Å²) in [7, 11) is -3.50. The molecule has 0 bridgehead atoms. The zero-order chi connectivity index (χ0) is 17.9. The van der Waals surface area contributed by atoms with Crippen molar-refractivity contribution in [3.63, 3.8) is 0 Å². The van der Waals surface area contributed by atoms with Gasteiger partial charge in [-0.05, 0) is 50.5 Å². The van der Waals surface area contributed by atoms with Gasteiger partial charge in [-0.2, -0.15) is 0 Å². The number of hydrogen-bond donors (Lipinski definition) is 2. The predicted octanol–water partition coefficient (Wildman–Crippen LogP) is 4.01. The summed E-state index contributed by atoms with van der Waals surface area (Å²) in [4.78, 5) is 0.332. The minimum Gasteiger partial charge on any atom is -0.380 e.